The van der Waals surface area contributed by atoms with E-state index in [0.717, 1.165) is 0 Å². The molecule has 0 N–H and O–H groups in total. The maximum absolute atomic E-state index is 12.5. The molecule has 2 aromatic rings. The summed E-state index contributed by atoms with van der Waals surface area (Å²) < 4.78 is 5.67. The molecule has 0 atom stereocenters. The topological polar surface area (TPSA) is 29.5 Å². The summed E-state index contributed by atoms with van der Waals surface area (Å²) in [6, 6.07) is 16.7. The first-order chi connectivity index (χ1) is 12.3. The Kier molecular flexibility index (Phi) is 4.19. The monoisotopic (exact) mass is 331 g/mol. The van der Waals surface area contributed by atoms with E-state index in [9.17, 15) is 4.79 Å². The predicted octanol–water partition coefficient (Wildman–Crippen LogP) is 4.28. The molecule has 0 unspecified atom stereocenters. The Morgan fingerprint density at radius 2 is 1.68 bits per heavy atom. The summed E-state index contributed by atoms with van der Waals surface area (Å²) >= 11 is 0. The number of hydrogen-bond acceptors (Lipinski definition) is 2. The molecular formula is C22H21NO2. The van der Waals surface area contributed by atoms with Crippen molar-refractivity contribution in [2.45, 2.75) is 18.8 Å². The molecular weight excluding hydrogens is 310 g/mol. The van der Waals surface area contributed by atoms with E-state index in [1.165, 1.54) is 35.1 Å². The van der Waals surface area contributed by atoms with Crippen molar-refractivity contribution in [3.05, 3.63) is 59.7 Å². The Labute approximate surface area is 148 Å². The summed E-state index contributed by atoms with van der Waals surface area (Å²) in [6.45, 7) is 1.37. The van der Waals surface area contributed by atoms with E-state index in [1.54, 1.807) is 4.90 Å². The van der Waals surface area contributed by atoms with Crippen molar-refractivity contribution in [2.75, 3.05) is 19.7 Å². The summed E-state index contributed by atoms with van der Waals surface area (Å²) in [5, 5.41) is 0. The van der Waals surface area contributed by atoms with E-state index in [1.807, 2.05) is 24.3 Å². The first kappa shape index (κ1) is 15.8. The van der Waals surface area contributed by atoms with Gasteiger partial charge in [0.25, 0.3) is 0 Å². The number of carbonyl (C=O) groups excluding carboxylic acids is 1. The van der Waals surface area contributed by atoms with Gasteiger partial charge in [0.05, 0.1) is 6.54 Å². The SMILES string of the molecule is C#CCN(CC1CC1)C(=O)OCC1c2ccccc2-c2ccccc21. The average Bonchev–Trinajstić information content (AvgIpc) is 3.41. The maximum Gasteiger partial charge on any atom is 0.410 e. The Morgan fingerprint density at radius 1 is 1.08 bits per heavy atom. The normalized spacial score (nSPS) is 15.2. The van der Waals surface area contributed by atoms with E-state index in [0.29, 0.717) is 25.6 Å². The molecule has 0 saturated heterocycles. The van der Waals surface area contributed by atoms with Gasteiger partial charge in [0.2, 0.25) is 0 Å². The van der Waals surface area contributed by atoms with Crippen molar-refractivity contribution in [3.63, 3.8) is 0 Å². The number of carbonyl (C=O) groups is 1. The van der Waals surface area contributed by atoms with Crippen molar-refractivity contribution in [1.29, 1.82) is 0 Å². The Bertz CT molecular complexity index is 786. The standard InChI is InChI=1S/C22H21NO2/c1-2-13-23(14-16-11-12-16)22(24)25-15-21-19-9-5-3-7-17(19)18-8-4-6-10-20(18)21/h1,3-10,16,21H,11-15H2. The zero-order chi connectivity index (χ0) is 17.2. The molecule has 3 nitrogen and oxygen atoms in total. The lowest BCUT2D eigenvalue weighted by Gasteiger charge is -2.21. The molecule has 2 aromatic carbocycles. The highest BCUT2D eigenvalue weighted by Crippen LogP contribution is 2.44. The number of terminal acetylenes is 1. The summed E-state index contributed by atoms with van der Waals surface area (Å²) in [6.07, 6.45) is 7.47. The number of hydrogen-bond donors (Lipinski definition) is 0. The van der Waals surface area contributed by atoms with Gasteiger partial charge in [-0.05, 0) is 41.0 Å². The third kappa shape index (κ3) is 3.13. The van der Waals surface area contributed by atoms with E-state index in [4.69, 9.17) is 11.2 Å². The van der Waals surface area contributed by atoms with E-state index < -0.39 is 0 Å². The lowest BCUT2D eigenvalue weighted by atomic mass is 9.98. The molecule has 0 radical (unpaired) electrons. The van der Waals surface area contributed by atoms with E-state index in [-0.39, 0.29) is 12.0 Å². The second-order valence-corrected chi connectivity index (χ2v) is 6.83. The number of ether oxygens (including phenoxy) is 1. The minimum Gasteiger partial charge on any atom is -0.448 e. The maximum atomic E-state index is 12.5. The Balaban J connectivity index is 1.50. The van der Waals surface area contributed by atoms with Gasteiger partial charge in [0, 0.05) is 12.5 Å². The first-order valence-corrected chi connectivity index (χ1v) is 8.81. The van der Waals surface area contributed by atoms with Crippen LogP contribution in [0.4, 0.5) is 4.79 Å². The van der Waals surface area contributed by atoms with Crippen LogP contribution < -0.4 is 0 Å². The zero-order valence-corrected chi connectivity index (χ0v) is 14.2. The third-order valence-electron chi connectivity index (χ3n) is 5.05. The molecule has 2 aliphatic rings. The van der Waals surface area contributed by atoms with Gasteiger partial charge in [-0.1, -0.05) is 54.5 Å². The third-order valence-corrected chi connectivity index (χ3v) is 5.05. The van der Waals surface area contributed by atoms with Gasteiger partial charge >= 0.3 is 6.09 Å². The zero-order valence-electron chi connectivity index (χ0n) is 14.2. The van der Waals surface area contributed by atoms with Crippen molar-refractivity contribution >= 4 is 6.09 Å². The fourth-order valence-corrected chi connectivity index (χ4v) is 3.61. The summed E-state index contributed by atoms with van der Waals surface area (Å²) in [5.41, 5.74) is 4.92. The van der Waals surface area contributed by atoms with Crippen LogP contribution in [0.3, 0.4) is 0 Å². The first-order valence-electron chi connectivity index (χ1n) is 8.81. The highest BCUT2D eigenvalue weighted by atomic mass is 16.6. The molecule has 0 spiro atoms. The van der Waals surface area contributed by atoms with Crippen molar-refractivity contribution in [3.8, 4) is 23.5 Å². The molecule has 2 aliphatic carbocycles. The molecule has 1 saturated carbocycles. The Morgan fingerprint density at radius 3 is 2.24 bits per heavy atom. The molecule has 1 amide bonds. The van der Waals surface area contributed by atoms with Gasteiger partial charge in [-0.3, -0.25) is 4.90 Å². The number of rotatable bonds is 5. The van der Waals surface area contributed by atoms with Crippen LogP contribution in [0.15, 0.2) is 48.5 Å². The number of benzene rings is 2. The van der Waals surface area contributed by atoms with Gasteiger partial charge in [0.15, 0.2) is 0 Å². The van der Waals surface area contributed by atoms with Gasteiger partial charge in [0.1, 0.15) is 6.61 Å². The second-order valence-electron chi connectivity index (χ2n) is 6.83. The minimum absolute atomic E-state index is 0.0879. The molecule has 1 fully saturated rings. The van der Waals surface area contributed by atoms with Gasteiger partial charge in [-0.15, -0.1) is 6.42 Å². The van der Waals surface area contributed by atoms with Gasteiger partial charge in [-0.25, -0.2) is 4.79 Å². The fourth-order valence-electron chi connectivity index (χ4n) is 3.61. The van der Waals surface area contributed by atoms with E-state index in [2.05, 4.69) is 30.2 Å². The predicted molar refractivity (Wildman–Crippen MR) is 98.2 cm³/mol. The second kappa shape index (κ2) is 6.64. The van der Waals surface area contributed by atoms with Crippen LogP contribution in [0.25, 0.3) is 11.1 Å². The molecule has 126 valence electrons. The molecule has 4 rings (SSSR count). The summed E-state index contributed by atoms with van der Waals surface area (Å²) in [4.78, 5) is 14.1. The highest BCUT2D eigenvalue weighted by Gasteiger charge is 2.31. The molecule has 0 aliphatic heterocycles. The molecule has 0 heterocycles. The smallest absolute Gasteiger partial charge is 0.410 e. The van der Waals surface area contributed by atoms with Crippen LogP contribution in [0.1, 0.15) is 29.9 Å². The molecule has 3 heteroatoms. The van der Waals surface area contributed by atoms with Crippen LogP contribution in [-0.4, -0.2) is 30.7 Å². The van der Waals surface area contributed by atoms with Crippen LogP contribution >= 0.6 is 0 Å². The summed E-state index contributed by atoms with van der Waals surface area (Å²) in [7, 11) is 0. The summed E-state index contributed by atoms with van der Waals surface area (Å²) in [5.74, 6) is 3.25. The quantitative estimate of drug-likeness (QED) is 0.765. The van der Waals surface area contributed by atoms with Crippen LogP contribution in [-0.2, 0) is 4.74 Å². The number of amides is 1. The minimum atomic E-state index is -0.299. The molecule has 25 heavy (non-hydrogen) atoms. The fraction of sp³-hybridized carbons (Fsp3) is 0.318. The largest absolute Gasteiger partial charge is 0.448 e. The molecule has 0 bridgehead atoms. The van der Waals surface area contributed by atoms with Crippen LogP contribution in [0.2, 0.25) is 0 Å². The van der Waals surface area contributed by atoms with Crippen molar-refractivity contribution in [1.82, 2.24) is 4.90 Å². The number of nitrogens with zero attached hydrogens (tertiary/aromatic N) is 1. The van der Waals surface area contributed by atoms with Crippen LogP contribution in [0, 0.1) is 18.3 Å². The van der Waals surface area contributed by atoms with Crippen molar-refractivity contribution in [2.24, 2.45) is 5.92 Å². The average molecular weight is 331 g/mol. The highest BCUT2D eigenvalue weighted by molar-refractivity contribution is 5.79. The van der Waals surface area contributed by atoms with Crippen molar-refractivity contribution < 1.29 is 9.53 Å². The lowest BCUT2D eigenvalue weighted by molar-refractivity contribution is 0.103. The lowest BCUT2D eigenvalue weighted by Crippen LogP contribution is -2.34. The molecule has 0 aromatic heterocycles. The van der Waals surface area contributed by atoms with Crippen LogP contribution in [0.5, 0.6) is 0 Å². The Hall–Kier alpha value is -2.73. The van der Waals surface area contributed by atoms with E-state index >= 15 is 0 Å². The number of fused-ring (bicyclic) bond motifs is 3. The van der Waals surface area contributed by atoms with Gasteiger partial charge < -0.3 is 4.74 Å². The van der Waals surface area contributed by atoms with Gasteiger partial charge in [-0.2, -0.15) is 0 Å².